The van der Waals surface area contributed by atoms with E-state index < -0.39 is 10.0 Å². The normalized spacial score (nSPS) is 14.9. The number of sulfonamides is 1. The van der Waals surface area contributed by atoms with Gasteiger partial charge in [0.1, 0.15) is 16.4 Å². The summed E-state index contributed by atoms with van der Waals surface area (Å²) in [6.45, 7) is 1.01. The zero-order valence-corrected chi connectivity index (χ0v) is 18.2. The second-order valence-corrected chi connectivity index (χ2v) is 9.14. The third-order valence-electron chi connectivity index (χ3n) is 5.16. The highest BCUT2D eigenvalue weighted by atomic mass is 32.2. The van der Waals surface area contributed by atoms with Crippen molar-refractivity contribution >= 4 is 21.6 Å². The molecule has 0 bridgehead atoms. The molecule has 2 aromatic rings. The first-order chi connectivity index (χ1) is 14.4. The average molecular weight is 433 g/mol. The second kappa shape index (κ2) is 9.95. The molecule has 0 unspecified atom stereocenters. The molecular weight excluding hydrogens is 404 g/mol. The highest BCUT2D eigenvalue weighted by Gasteiger charge is 2.29. The van der Waals surface area contributed by atoms with Crippen molar-refractivity contribution in [2.75, 3.05) is 32.6 Å². The van der Waals surface area contributed by atoms with Gasteiger partial charge in [0, 0.05) is 25.2 Å². The molecule has 0 aromatic heterocycles. The van der Waals surface area contributed by atoms with Gasteiger partial charge in [-0.25, -0.2) is 8.42 Å². The van der Waals surface area contributed by atoms with Crippen LogP contribution in [0, 0.1) is 0 Å². The first-order valence-corrected chi connectivity index (χ1v) is 11.5. The number of piperidine rings is 1. The zero-order valence-electron chi connectivity index (χ0n) is 17.4. The van der Waals surface area contributed by atoms with Gasteiger partial charge in [-0.2, -0.15) is 4.31 Å². The molecule has 3 rings (SSSR count). The predicted octanol–water partition coefficient (Wildman–Crippen LogP) is 3.45. The summed E-state index contributed by atoms with van der Waals surface area (Å²) in [7, 11) is -0.639. The van der Waals surface area contributed by atoms with Crippen molar-refractivity contribution in [2.24, 2.45) is 0 Å². The third-order valence-corrected chi connectivity index (χ3v) is 7.07. The minimum Gasteiger partial charge on any atom is -0.497 e. The van der Waals surface area contributed by atoms with E-state index in [1.807, 2.05) is 24.3 Å². The highest BCUT2D eigenvalue weighted by molar-refractivity contribution is 7.89. The molecule has 0 atom stereocenters. The lowest BCUT2D eigenvalue weighted by Crippen LogP contribution is -2.35. The topological polar surface area (TPSA) is 84.9 Å². The number of anilines is 1. The van der Waals surface area contributed by atoms with Crippen molar-refractivity contribution < 1.29 is 22.7 Å². The fourth-order valence-electron chi connectivity index (χ4n) is 3.51. The monoisotopic (exact) mass is 432 g/mol. The number of amides is 1. The van der Waals surface area contributed by atoms with E-state index in [0.717, 1.165) is 30.6 Å². The van der Waals surface area contributed by atoms with Crippen LogP contribution in [0.15, 0.2) is 47.4 Å². The van der Waals surface area contributed by atoms with E-state index in [1.54, 1.807) is 19.2 Å². The number of hydrogen-bond donors (Lipinski definition) is 1. The number of nitrogens with zero attached hydrogens (tertiary/aromatic N) is 1. The van der Waals surface area contributed by atoms with Crippen molar-refractivity contribution in [2.45, 2.75) is 37.0 Å². The molecule has 2 aromatic carbocycles. The van der Waals surface area contributed by atoms with Crippen molar-refractivity contribution in [3.63, 3.8) is 0 Å². The number of carbonyl (C=O) groups is 1. The van der Waals surface area contributed by atoms with Crippen LogP contribution >= 0.6 is 0 Å². The van der Waals surface area contributed by atoms with E-state index in [-0.39, 0.29) is 23.0 Å². The van der Waals surface area contributed by atoms with Gasteiger partial charge in [-0.05, 0) is 55.2 Å². The maximum atomic E-state index is 13.1. The summed E-state index contributed by atoms with van der Waals surface area (Å²) in [5.41, 5.74) is 1.43. The summed E-state index contributed by atoms with van der Waals surface area (Å²) in [5, 5.41) is 2.80. The molecule has 0 aliphatic carbocycles. The van der Waals surface area contributed by atoms with E-state index in [2.05, 4.69) is 5.32 Å². The molecule has 1 fully saturated rings. The Hall–Kier alpha value is -2.58. The summed E-state index contributed by atoms with van der Waals surface area (Å²) in [6, 6.07) is 12.3. The number of nitrogens with one attached hydrogen (secondary N) is 1. The summed E-state index contributed by atoms with van der Waals surface area (Å²) in [6.07, 6.45) is 3.56. The van der Waals surface area contributed by atoms with Gasteiger partial charge in [-0.1, -0.05) is 18.6 Å². The van der Waals surface area contributed by atoms with Crippen LogP contribution in [-0.4, -0.2) is 45.9 Å². The molecule has 1 aliphatic heterocycles. The number of benzene rings is 2. The molecule has 0 radical (unpaired) electrons. The average Bonchev–Trinajstić information content (AvgIpc) is 2.78. The molecule has 0 saturated carbocycles. The van der Waals surface area contributed by atoms with E-state index in [0.29, 0.717) is 25.2 Å². The summed E-state index contributed by atoms with van der Waals surface area (Å²) in [5.74, 6) is 0.829. The molecule has 1 amide bonds. The first kappa shape index (κ1) is 22.1. The standard InChI is InChI=1S/C22H28N2O5S/c1-28-19-8-6-7-17(15-19)9-12-22(25)23-18-10-11-20(29-2)21(16-18)30(26,27)24-13-4-3-5-14-24/h6-8,10-11,15-16H,3-5,9,12-14H2,1-2H3,(H,23,25). The molecular formula is C22H28N2O5S. The van der Waals surface area contributed by atoms with Crippen molar-refractivity contribution in [1.82, 2.24) is 4.31 Å². The van der Waals surface area contributed by atoms with Crippen LogP contribution in [0.4, 0.5) is 5.69 Å². The summed E-state index contributed by atoms with van der Waals surface area (Å²) in [4.78, 5) is 12.5. The molecule has 1 heterocycles. The lowest BCUT2D eigenvalue weighted by molar-refractivity contribution is -0.116. The van der Waals surface area contributed by atoms with E-state index in [1.165, 1.54) is 17.5 Å². The molecule has 1 aliphatic rings. The largest absolute Gasteiger partial charge is 0.497 e. The Kier molecular flexibility index (Phi) is 7.33. The minimum atomic E-state index is -3.68. The highest BCUT2D eigenvalue weighted by Crippen LogP contribution is 2.31. The lowest BCUT2D eigenvalue weighted by Gasteiger charge is -2.26. The summed E-state index contributed by atoms with van der Waals surface area (Å²) >= 11 is 0. The Morgan fingerprint density at radius 3 is 2.50 bits per heavy atom. The number of rotatable bonds is 8. The molecule has 1 N–H and O–H groups in total. The van der Waals surface area contributed by atoms with Gasteiger partial charge in [0.15, 0.2) is 0 Å². The summed E-state index contributed by atoms with van der Waals surface area (Å²) < 4.78 is 38.2. The van der Waals surface area contributed by atoms with Crippen molar-refractivity contribution in [1.29, 1.82) is 0 Å². The van der Waals surface area contributed by atoms with Crippen LogP contribution < -0.4 is 14.8 Å². The SMILES string of the molecule is COc1cccc(CCC(=O)Nc2ccc(OC)c(S(=O)(=O)N3CCCCC3)c2)c1. The molecule has 8 heteroatoms. The van der Waals surface area contributed by atoms with Gasteiger partial charge < -0.3 is 14.8 Å². The van der Waals surface area contributed by atoms with E-state index >= 15 is 0 Å². The Morgan fingerprint density at radius 2 is 1.80 bits per heavy atom. The van der Waals surface area contributed by atoms with E-state index in [9.17, 15) is 13.2 Å². The van der Waals surface area contributed by atoms with Crippen LogP contribution in [0.3, 0.4) is 0 Å². The van der Waals surface area contributed by atoms with Crippen LogP contribution in [-0.2, 0) is 21.2 Å². The van der Waals surface area contributed by atoms with E-state index in [4.69, 9.17) is 9.47 Å². The molecule has 0 spiro atoms. The zero-order chi connectivity index (χ0) is 21.6. The van der Waals surface area contributed by atoms with Crippen molar-refractivity contribution in [3.8, 4) is 11.5 Å². The van der Waals surface area contributed by atoms with Gasteiger partial charge in [0.2, 0.25) is 15.9 Å². The fourth-order valence-corrected chi connectivity index (χ4v) is 5.21. The number of carbonyl (C=O) groups excluding carboxylic acids is 1. The molecule has 162 valence electrons. The quantitative estimate of drug-likeness (QED) is 0.691. The fraction of sp³-hybridized carbons (Fsp3) is 0.409. The van der Waals surface area contributed by atoms with Gasteiger partial charge in [0.05, 0.1) is 14.2 Å². The maximum absolute atomic E-state index is 13.1. The van der Waals surface area contributed by atoms with Gasteiger partial charge in [-0.15, -0.1) is 0 Å². The molecule has 7 nitrogen and oxygen atoms in total. The van der Waals surface area contributed by atoms with Gasteiger partial charge >= 0.3 is 0 Å². The Labute approximate surface area is 178 Å². The van der Waals surface area contributed by atoms with Crippen LogP contribution in [0.25, 0.3) is 0 Å². The number of hydrogen-bond acceptors (Lipinski definition) is 5. The van der Waals surface area contributed by atoms with Crippen LogP contribution in [0.1, 0.15) is 31.2 Å². The number of methoxy groups -OCH3 is 2. The Morgan fingerprint density at radius 1 is 1.03 bits per heavy atom. The maximum Gasteiger partial charge on any atom is 0.246 e. The smallest absolute Gasteiger partial charge is 0.246 e. The van der Waals surface area contributed by atoms with Crippen LogP contribution in [0.2, 0.25) is 0 Å². The molecule has 1 saturated heterocycles. The minimum absolute atomic E-state index is 0.0810. The lowest BCUT2D eigenvalue weighted by atomic mass is 10.1. The second-order valence-electron chi connectivity index (χ2n) is 7.23. The third kappa shape index (κ3) is 5.31. The Balaban J connectivity index is 1.71. The van der Waals surface area contributed by atoms with Crippen LogP contribution in [0.5, 0.6) is 11.5 Å². The van der Waals surface area contributed by atoms with Crippen molar-refractivity contribution in [3.05, 3.63) is 48.0 Å². The molecule has 30 heavy (non-hydrogen) atoms. The van der Waals surface area contributed by atoms with Gasteiger partial charge in [-0.3, -0.25) is 4.79 Å². The Bertz CT molecular complexity index is 985. The number of aryl methyl sites for hydroxylation is 1. The predicted molar refractivity (Wildman–Crippen MR) is 116 cm³/mol. The first-order valence-electron chi connectivity index (χ1n) is 10.0. The van der Waals surface area contributed by atoms with Gasteiger partial charge in [0.25, 0.3) is 0 Å². The number of ether oxygens (including phenoxy) is 2.